The van der Waals surface area contributed by atoms with Gasteiger partial charge in [0, 0.05) is 10.6 Å². The van der Waals surface area contributed by atoms with Crippen LogP contribution in [0.2, 0.25) is 5.02 Å². The second-order valence-corrected chi connectivity index (χ2v) is 5.69. The summed E-state index contributed by atoms with van der Waals surface area (Å²) in [5, 5.41) is 0.527. The molecule has 2 aromatic rings. The molecule has 0 unspecified atom stereocenters. The number of carbonyl (C=O) groups excluding carboxylic acids is 2. The normalized spacial score (nSPS) is 14.4. The van der Waals surface area contributed by atoms with E-state index >= 15 is 0 Å². The van der Waals surface area contributed by atoms with E-state index in [1.165, 1.54) is 0 Å². The molecular weight excluding hydrogens is 330 g/mol. The molecule has 1 heterocycles. The number of nitrogens with two attached hydrogens (primary N) is 1. The van der Waals surface area contributed by atoms with Gasteiger partial charge in [-0.25, -0.2) is 0 Å². The number of Topliss-reactive ketones (excluding diaryl/α,β-unsaturated/α-hetero) is 1. The largest absolute Gasteiger partial charge is 0.483 e. The van der Waals surface area contributed by atoms with Crippen LogP contribution in [0.25, 0.3) is 6.08 Å². The van der Waals surface area contributed by atoms with Crippen LogP contribution in [0.3, 0.4) is 0 Å². The summed E-state index contributed by atoms with van der Waals surface area (Å²) < 4.78 is 11.0. The SMILES string of the molecule is Cc1c(OCC(N)=O)ccc2c1O/C(=C\c1ccccc1Cl)C2=O. The van der Waals surface area contributed by atoms with Crippen LogP contribution >= 0.6 is 11.6 Å². The molecule has 5 nitrogen and oxygen atoms in total. The van der Waals surface area contributed by atoms with Gasteiger partial charge in [-0.2, -0.15) is 0 Å². The van der Waals surface area contributed by atoms with Crippen LogP contribution < -0.4 is 15.2 Å². The molecule has 0 atom stereocenters. The van der Waals surface area contributed by atoms with Crippen molar-refractivity contribution in [1.82, 2.24) is 0 Å². The molecule has 122 valence electrons. The minimum absolute atomic E-state index is 0.188. The van der Waals surface area contributed by atoms with E-state index < -0.39 is 5.91 Å². The van der Waals surface area contributed by atoms with Crippen LogP contribution in [-0.4, -0.2) is 18.3 Å². The van der Waals surface area contributed by atoms with Gasteiger partial charge < -0.3 is 15.2 Å². The molecule has 0 saturated heterocycles. The predicted octanol–water partition coefficient (Wildman–Crippen LogP) is 3.13. The third kappa shape index (κ3) is 2.98. The van der Waals surface area contributed by atoms with Crippen molar-refractivity contribution in [2.45, 2.75) is 6.92 Å². The van der Waals surface area contributed by atoms with Crippen molar-refractivity contribution in [2.24, 2.45) is 5.73 Å². The average Bonchev–Trinajstić information content (AvgIpc) is 2.86. The van der Waals surface area contributed by atoms with E-state index in [0.717, 1.165) is 0 Å². The summed E-state index contributed by atoms with van der Waals surface area (Å²) in [6.45, 7) is 1.51. The number of ketones is 1. The highest BCUT2D eigenvalue weighted by atomic mass is 35.5. The monoisotopic (exact) mass is 343 g/mol. The predicted molar refractivity (Wildman–Crippen MR) is 90.3 cm³/mol. The fourth-order valence-electron chi connectivity index (χ4n) is 2.41. The Morgan fingerprint density at radius 3 is 2.75 bits per heavy atom. The third-order valence-corrected chi connectivity index (χ3v) is 3.94. The van der Waals surface area contributed by atoms with Crippen molar-refractivity contribution in [2.75, 3.05) is 6.61 Å². The number of halogens is 1. The molecule has 0 spiro atoms. The van der Waals surface area contributed by atoms with Crippen LogP contribution in [0.5, 0.6) is 11.5 Å². The zero-order valence-corrected chi connectivity index (χ0v) is 13.6. The van der Waals surface area contributed by atoms with E-state index in [0.29, 0.717) is 33.2 Å². The number of allylic oxidation sites excluding steroid dienone is 1. The van der Waals surface area contributed by atoms with Crippen molar-refractivity contribution < 1.29 is 19.1 Å². The molecule has 24 heavy (non-hydrogen) atoms. The van der Waals surface area contributed by atoms with Gasteiger partial charge >= 0.3 is 0 Å². The Balaban J connectivity index is 1.94. The van der Waals surface area contributed by atoms with Crippen molar-refractivity contribution in [1.29, 1.82) is 0 Å². The number of amides is 1. The quantitative estimate of drug-likeness (QED) is 0.865. The second kappa shape index (κ2) is 6.37. The van der Waals surface area contributed by atoms with Gasteiger partial charge in [-0.3, -0.25) is 9.59 Å². The molecule has 0 aromatic heterocycles. The number of benzene rings is 2. The van der Waals surface area contributed by atoms with Gasteiger partial charge in [0.15, 0.2) is 12.4 Å². The molecule has 2 aromatic carbocycles. The van der Waals surface area contributed by atoms with Crippen molar-refractivity contribution in [3.05, 3.63) is 63.9 Å². The maximum absolute atomic E-state index is 12.5. The summed E-state index contributed by atoms with van der Waals surface area (Å²) in [5.74, 6) is 0.244. The van der Waals surface area contributed by atoms with E-state index in [1.807, 2.05) is 12.1 Å². The van der Waals surface area contributed by atoms with Crippen molar-refractivity contribution in [3.63, 3.8) is 0 Å². The zero-order valence-electron chi connectivity index (χ0n) is 12.8. The lowest BCUT2D eigenvalue weighted by Crippen LogP contribution is -2.20. The lowest BCUT2D eigenvalue weighted by atomic mass is 10.1. The van der Waals surface area contributed by atoms with Gasteiger partial charge in [-0.1, -0.05) is 29.8 Å². The molecule has 1 amide bonds. The minimum atomic E-state index is -0.578. The van der Waals surface area contributed by atoms with E-state index in [9.17, 15) is 9.59 Å². The highest BCUT2D eigenvalue weighted by molar-refractivity contribution is 6.32. The van der Waals surface area contributed by atoms with Crippen molar-refractivity contribution >= 4 is 29.4 Å². The molecule has 6 heteroatoms. The summed E-state index contributed by atoms with van der Waals surface area (Å²) in [5.41, 5.74) is 6.84. The smallest absolute Gasteiger partial charge is 0.255 e. The number of ether oxygens (including phenoxy) is 2. The summed E-state index contributed by atoms with van der Waals surface area (Å²) in [6, 6.07) is 10.4. The molecular formula is C18H14ClNO4. The van der Waals surface area contributed by atoms with Crippen LogP contribution in [-0.2, 0) is 4.79 Å². The first-order chi connectivity index (χ1) is 11.5. The maximum Gasteiger partial charge on any atom is 0.255 e. The standard InChI is InChI=1S/C18H14ClNO4/c1-10-14(23-9-16(20)21)7-6-12-17(22)15(24-18(10)12)8-11-4-2-3-5-13(11)19/h2-8H,9H2,1H3,(H2,20,21)/b15-8-. The lowest BCUT2D eigenvalue weighted by Gasteiger charge is -2.09. The van der Waals surface area contributed by atoms with E-state index in [2.05, 4.69) is 0 Å². The number of rotatable bonds is 4. The number of carbonyl (C=O) groups is 2. The third-order valence-electron chi connectivity index (χ3n) is 3.60. The zero-order chi connectivity index (χ0) is 17.3. The average molecular weight is 344 g/mol. The summed E-state index contributed by atoms with van der Waals surface area (Å²) in [7, 11) is 0. The van der Waals surface area contributed by atoms with Crippen LogP contribution in [0, 0.1) is 6.92 Å². The Bertz CT molecular complexity index is 873. The Hall–Kier alpha value is -2.79. The fourth-order valence-corrected chi connectivity index (χ4v) is 2.60. The molecule has 0 bridgehead atoms. The highest BCUT2D eigenvalue weighted by Crippen LogP contribution is 2.39. The van der Waals surface area contributed by atoms with E-state index in [-0.39, 0.29) is 18.1 Å². The molecule has 0 aliphatic carbocycles. The van der Waals surface area contributed by atoms with Crippen molar-refractivity contribution in [3.8, 4) is 11.5 Å². The first-order valence-electron chi connectivity index (χ1n) is 7.21. The minimum Gasteiger partial charge on any atom is -0.483 e. The second-order valence-electron chi connectivity index (χ2n) is 5.28. The topological polar surface area (TPSA) is 78.6 Å². The summed E-state index contributed by atoms with van der Waals surface area (Å²) in [4.78, 5) is 23.3. The van der Waals surface area contributed by atoms with Gasteiger partial charge in [0.2, 0.25) is 5.78 Å². The van der Waals surface area contributed by atoms with E-state index in [4.69, 9.17) is 26.8 Å². The van der Waals surface area contributed by atoms with Gasteiger partial charge in [0.05, 0.1) is 5.56 Å². The Kier molecular flexibility index (Phi) is 4.27. The molecule has 1 aliphatic rings. The molecule has 0 saturated carbocycles. The van der Waals surface area contributed by atoms with Crippen LogP contribution in [0.15, 0.2) is 42.2 Å². The first kappa shape index (κ1) is 16.1. The number of hydrogen-bond donors (Lipinski definition) is 1. The van der Waals surface area contributed by atoms with E-state index in [1.54, 1.807) is 37.3 Å². The highest BCUT2D eigenvalue weighted by Gasteiger charge is 2.30. The molecule has 0 radical (unpaired) electrons. The Morgan fingerprint density at radius 2 is 2.04 bits per heavy atom. The van der Waals surface area contributed by atoms with Crippen LogP contribution in [0.1, 0.15) is 21.5 Å². The Morgan fingerprint density at radius 1 is 1.29 bits per heavy atom. The molecule has 1 aliphatic heterocycles. The lowest BCUT2D eigenvalue weighted by molar-refractivity contribution is -0.119. The Labute approximate surface area is 143 Å². The maximum atomic E-state index is 12.5. The number of fused-ring (bicyclic) bond motifs is 1. The number of primary amides is 1. The van der Waals surface area contributed by atoms with Gasteiger partial charge in [0.1, 0.15) is 11.5 Å². The van der Waals surface area contributed by atoms with Crippen LogP contribution in [0.4, 0.5) is 0 Å². The van der Waals surface area contributed by atoms with Gasteiger partial charge in [0.25, 0.3) is 5.91 Å². The number of hydrogen-bond acceptors (Lipinski definition) is 4. The molecule has 2 N–H and O–H groups in total. The summed E-state index contributed by atoms with van der Waals surface area (Å²) in [6.07, 6.45) is 1.61. The molecule has 0 fully saturated rings. The first-order valence-corrected chi connectivity index (χ1v) is 7.58. The summed E-state index contributed by atoms with van der Waals surface area (Å²) >= 11 is 6.11. The molecule has 3 rings (SSSR count). The fraction of sp³-hybridized carbons (Fsp3) is 0.111. The van der Waals surface area contributed by atoms with Gasteiger partial charge in [-0.05, 0) is 36.8 Å². The van der Waals surface area contributed by atoms with Gasteiger partial charge in [-0.15, -0.1) is 0 Å².